The Morgan fingerprint density at radius 3 is 2.74 bits per heavy atom. The van der Waals surface area contributed by atoms with Crippen molar-refractivity contribution in [1.82, 2.24) is 5.32 Å². The van der Waals surface area contributed by atoms with Gasteiger partial charge in [0.2, 0.25) is 0 Å². The highest BCUT2D eigenvalue weighted by Gasteiger charge is 2.18. The fourth-order valence-electron chi connectivity index (χ4n) is 2.41. The van der Waals surface area contributed by atoms with Crippen LogP contribution in [0.25, 0.3) is 0 Å². The summed E-state index contributed by atoms with van der Waals surface area (Å²) in [7, 11) is 1.88. The molecule has 1 aromatic carbocycles. The first-order valence-electron chi connectivity index (χ1n) is 7.22. The van der Waals surface area contributed by atoms with Crippen molar-refractivity contribution >= 4 is 0 Å². The molecule has 0 saturated heterocycles. The van der Waals surface area contributed by atoms with Crippen molar-refractivity contribution in [3.05, 3.63) is 29.1 Å². The molecule has 3 heteroatoms. The second-order valence-electron chi connectivity index (χ2n) is 5.58. The number of benzene rings is 1. The van der Waals surface area contributed by atoms with Crippen molar-refractivity contribution in [3.63, 3.8) is 0 Å². The second-order valence-corrected chi connectivity index (χ2v) is 5.58. The van der Waals surface area contributed by atoms with Gasteiger partial charge in [-0.3, -0.25) is 0 Å². The molecule has 1 atom stereocenters. The zero-order chi connectivity index (χ0) is 13.8. The zero-order valence-electron chi connectivity index (χ0n) is 12.1. The minimum absolute atomic E-state index is 0.0915. The highest BCUT2D eigenvalue weighted by Crippen LogP contribution is 2.31. The number of hydrogen-bond acceptors (Lipinski definition) is 2. The summed E-state index contributed by atoms with van der Waals surface area (Å²) in [6, 6.07) is 3.50. The fourth-order valence-corrected chi connectivity index (χ4v) is 2.41. The van der Waals surface area contributed by atoms with Gasteiger partial charge in [-0.05, 0) is 50.9 Å². The Morgan fingerprint density at radius 1 is 1.42 bits per heavy atom. The Bertz CT molecular complexity index is 429. The maximum Gasteiger partial charge on any atom is 0.126 e. The number of rotatable bonds is 6. The summed E-state index contributed by atoms with van der Waals surface area (Å²) in [5.74, 6) is 1.50. The third kappa shape index (κ3) is 3.47. The van der Waals surface area contributed by atoms with Crippen molar-refractivity contribution in [1.29, 1.82) is 0 Å². The van der Waals surface area contributed by atoms with E-state index in [1.807, 2.05) is 20.0 Å². The highest BCUT2D eigenvalue weighted by atomic mass is 19.1. The van der Waals surface area contributed by atoms with E-state index in [4.69, 9.17) is 4.74 Å². The summed E-state index contributed by atoms with van der Waals surface area (Å²) in [6.45, 7) is 4.53. The first-order valence-corrected chi connectivity index (χ1v) is 7.22. The Kier molecular flexibility index (Phi) is 4.81. The molecule has 0 aromatic heterocycles. The Balaban J connectivity index is 2.05. The van der Waals surface area contributed by atoms with E-state index in [1.165, 1.54) is 19.3 Å². The molecule has 0 heterocycles. The van der Waals surface area contributed by atoms with Crippen LogP contribution in [0.2, 0.25) is 0 Å². The largest absolute Gasteiger partial charge is 0.493 e. The summed E-state index contributed by atoms with van der Waals surface area (Å²) in [5.41, 5.74) is 1.55. The molecule has 1 N–H and O–H groups in total. The minimum atomic E-state index is -0.163. The minimum Gasteiger partial charge on any atom is -0.493 e. The number of aryl methyl sites for hydroxylation is 1. The van der Waals surface area contributed by atoms with E-state index >= 15 is 0 Å². The van der Waals surface area contributed by atoms with E-state index in [0.29, 0.717) is 5.56 Å². The van der Waals surface area contributed by atoms with E-state index < -0.39 is 0 Å². The molecule has 1 aromatic rings. The van der Waals surface area contributed by atoms with E-state index in [2.05, 4.69) is 5.32 Å². The van der Waals surface area contributed by atoms with Gasteiger partial charge in [0.05, 0.1) is 6.61 Å². The van der Waals surface area contributed by atoms with Gasteiger partial charge < -0.3 is 10.1 Å². The second kappa shape index (κ2) is 6.38. The van der Waals surface area contributed by atoms with Gasteiger partial charge in [0, 0.05) is 11.6 Å². The molecule has 1 unspecified atom stereocenters. The first-order chi connectivity index (χ1) is 9.11. The van der Waals surface area contributed by atoms with Gasteiger partial charge in [0.1, 0.15) is 11.6 Å². The summed E-state index contributed by atoms with van der Waals surface area (Å²) in [4.78, 5) is 0. The van der Waals surface area contributed by atoms with Crippen LogP contribution in [0.1, 0.15) is 49.8 Å². The molecule has 1 aliphatic carbocycles. The van der Waals surface area contributed by atoms with Crippen LogP contribution in [0.5, 0.6) is 5.75 Å². The van der Waals surface area contributed by atoms with Crippen LogP contribution < -0.4 is 10.1 Å². The van der Waals surface area contributed by atoms with Crippen LogP contribution in [0, 0.1) is 18.7 Å². The summed E-state index contributed by atoms with van der Waals surface area (Å²) in [5, 5.41) is 3.14. The van der Waals surface area contributed by atoms with Crippen molar-refractivity contribution in [2.45, 2.75) is 45.6 Å². The maximum absolute atomic E-state index is 13.7. The van der Waals surface area contributed by atoms with Gasteiger partial charge in [-0.25, -0.2) is 4.39 Å². The zero-order valence-corrected chi connectivity index (χ0v) is 12.1. The molecule has 0 radical (unpaired) electrons. The number of hydrogen-bond donors (Lipinski definition) is 1. The normalized spacial score (nSPS) is 17.1. The quantitative estimate of drug-likeness (QED) is 0.840. The van der Waals surface area contributed by atoms with Gasteiger partial charge in [-0.2, -0.15) is 0 Å². The average Bonchev–Trinajstić information content (AvgIpc) is 2.35. The lowest BCUT2D eigenvalue weighted by molar-refractivity contribution is 0.220. The first kappa shape index (κ1) is 14.3. The molecule has 0 amide bonds. The number of ether oxygens (including phenoxy) is 1. The van der Waals surface area contributed by atoms with Crippen LogP contribution in [0.15, 0.2) is 12.1 Å². The molecule has 0 spiro atoms. The molecule has 106 valence electrons. The SMILES string of the molecule is CNC(C)c1cc(F)c(C)cc1OCCC1CCC1. The topological polar surface area (TPSA) is 21.3 Å². The van der Waals surface area contributed by atoms with Crippen LogP contribution >= 0.6 is 0 Å². The molecule has 0 aliphatic heterocycles. The molecular formula is C16H24FNO. The summed E-state index contributed by atoms with van der Waals surface area (Å²) < 4.78 is 19.6. The van der Waals surface area contributed by atoms with Crippen molar-refractivity contribution in [2.24, 2.45) is 5.92 Å². The standard InChI is InChI=1S/C16H24FNO/c1-11-9-16(19-8-7-13-5-4-6-13)14(10-15(11)17)12(2)18-3/h9-10,12-13,18H,4-8H2,1-3H3. The summed E-state index contributed by atoms with van der Waals surface area (Å²) in [6.07, 6.45) is 5.16. The maximum atomic E-state index is 13.7. The van der Waals surface area contributed by atoms with Crippen LogP contribution in [0.4, 0.5) is 4.39 Å². The lowest BCUT2D eigenvalue weighted by atomic mass is 9.83. The Morgan fingerprint density at radius 2 is 2.16 bits per heavy atom. The van der Waals surface area contributed by atoms with E-state index in [9.17, 15) is 4.39 Å². The van der Waals surface area contributed by atoms with E-state index in [-0.39, 0.29) is 11.9 Å². The summed E-state index contributed by atoms with van der Waals surface area (Å²) >= 11 is 0. The molecule has 0 bridgehead atoms. The Labute approximate surface area is 115 Å². The lowest BCUT2D eigenvalue weighted by Gasteiger charge is -2.25. The smallest absolute Gasteiger partial charge is 0.126 e. The van der Waals surface area contributed by atoms with Crippen molar-refractivity contribution in [2.75, 3.05) is 13.7 Å². The highest BCUT2D eigenvalue weighted by molar-refractivity contribution is 5.40. The van der Waals surface area contributed by atoms with Gasteiger partial charge in [-0.15, -0.1) is 0 Å². The third-order valence-electron chi connectivity index (χ3n) is 4.20. The lowest BCUT2D eigenvalue weighted by Crippen LogP contribution is -2.17. The molecule has 2 rings (SSSR count). The third-order valence-corrected chi connectivity index (χ3v) is 4.20. The average molecular weight is 265 g/mol. The van der Waals surface area contributed by atoms with Gasteiger partial charge in [0.25, 0.3) is 0 Å². The number of halogens is 1. The van der Waals surface area contributed by atoms with Crippen molar-refractivity contribution in [3.8, 4) is 5.75 Å². The van der Waals surface area contributed by atoms with E-state index in [0.717, 1.165) is 30.3 Å². The molecule has 19 heavy (non-hydrogen) atoms. The Hall–Kier alpha value is -1.09. The predicted octanol–water partition coefficient (Wildman–Crippen LogP) is 3.98. The molecule has 1 fully saturated rings. The van der Waals surface area contributed by atoms with E-state index in [1.54, 1.807) is 13.0 Å². The van der Waals surface area contributed by atoms with Gasteiger partial charge >= 0.3 is 0 Å². The monoisotopic (exact) mass is 265 g/mol. The van der Waals surface area contributed by atoms with Gasteiger partial charge in [0.15, 0.2) is 0 Å². The number of nitrogens with one attached hydrogen (secondary N) is 1. The molecule has 2 nitrogen and oxygen atoms in total. The van der Waals surface area contributed by atoms with Crippen LogP contribution in [-0.2, 0) is 0 Å². The van der Waals surface area contributed by atoms with Crippen LogP contribution in [-0.4, -0.2) is 13.7 Å². The molecule has 1 saturated carbocycles. The van der Waals surface area contributed by atoms with Gasteiger partial charge in [-0.1, -0.05) is 19.3 Å². The van der Waals surface area contributed by atoms with Crippen LogP contribution in [0.3, 0.4) is 0 Å². The van der Waals surface area contributed by atoms with Crippen molar-refractivity contribution < 1.29 is 9.13 Å². The molecule has 1 aliphatic rings. The fraction of sp³-hybridized carbons (Fsp3) is 0.625. The predicted molar refractivity (Wildman–Crippen MR) is 76.1 cm³/mol. The molecular weight excluding hydrogens is 241 g/mol.